The first kappa shape index (κ1) is 26.3. The predicted molar refractivity (Wildman–Crippen MR) is 144 cm³/mol. The van der Waals surface area contributed by atoms with Gasteiger partial charge < -0.3 is 24.2 Å². The Balaban J connectivity index is 1.86. The number of benzene rings is 3. The van der Waals surface area contributed by atoms with Crippen LogP contribution in [0.4, 0.5) is 0 Å². The van der Waals surface area contributed by atoms with E-state index in [1.54, 1.807) is 31.4 Å². The van der Waals surface area contributed by atoms with E-state index in [0.29, 0.717) is 32.8 Å². The third-order valence-electron chi connectivity index (χ3n) is 6.00. The van der Waals surface area contributed by atoms with Crippen molar-refractivity contribution in [2.24, 2.45) is 0 Å². The molecule has 1 aliphatic rings. The molecule has 0 spiro atoms. The Morgan fingerprint density at radius 3 is 2.38 bits per heavy atom. The normalized spacial score (nSPS) is 16.8. The maximum Gasteiger partial charge on any atom is 0.295 e. The van der Waals surface area contributed by atoms with Crippen LogP contribution in [-0.4, -0.2) is 42.0 Å². The maximum absolute atomic E-state index is 13.4. The van der Waals surface area contributed by atoms with Crippen molar-refractivity contribution in [1.29, 1.82) is 0 Å². The van der Waals surface area contributed by atoms with Gasteiger partial charge in [-0.15, -0.1) is 0 Å². The number of carbonyl (C=O) groups excluding carboxylic acids is 2. The van der Waals surface area contributed by atoms with Crippen molar-refractivity contribution in [3.05, 3.63) is 93.5 Å². The molecule has 1 N–H and O–H groups in total. The van der Waals surface area contributed by atoms with E-state index in [9.17, 15) is 14.7 Å². The van der Waals surface area contributed by atoms with Crippen molar-refractivity contribution in [2.45, 2.75) is 32.5 Å². The number of likely N-dealkylation sites (tertiary alicyclic amines) is 1. The quantitative estimate of drug-likeness (QED) is 0.209. The van der Waals surface area contributed by atoms with E-state index < -0.39 is 17.7 Å². The number of hydrogen-bond donors (Lipinski definition) is 1. The van der Waals surface area contributed by atoms with Gasteiger partial charge in [-0.2, -0.15) is 0 Å². The molecule has 3 aromatic rings. The van der Waals surface area contributed by atoms with Crippen LogP contribution in [0.3, 0.4) is 0 Å². The van der Waals surface area contributed by atoms with Crippen LogP contribution in [-0.2, 0) is 16.1 Å². The summed E-state index contributed by atoms with van der Waals surface area (Å²) in [5, 5.41) is 11.4. The molecule has 37 heavy (non-hydrogen) atoms. The number of rotatable bonds is 8. The Hall–Kier alpha value is -3.78. The molecule has 3 aromatic carbocycles. The second-order valence-electron chi connectivity index (χ2n) is 8.87. The highest BCUT2D eigenvalue weighted by atomic mass is 79.9. The fourth-order valence-electron chi connectivity index (χ4n) is 4.36. The Bertz CT molecular complexity index is 1370. The highest BCUT2D eigenvalue weighted by Gasteiger charge is 2.46. The number of aliphatic hydroxyl groups is 1. The smallest absolute Gasteiger partial charge is 0.295 e. The Labute approximate surface area is 224 Å². The van der Waals surface area contributed by atoms with Gasteiger partial charge in [-0.25, -0.2) is 0 Å². The molecular weight excluding hydrogens is 538 g/mol. The molecule has 0 radical (unpaired) electrons. The molecule has 1 atom stereocenters. The minimum absolute atomic E-state index is 0.00617. The van der Waals surface area contributed by atoms with E-state index in [1.165, 1.54) is 12.0 Å². The van der Waals surface area contributed by atoms with Gasteiger partial charge in [0, 0.05) is 12.1 Å². The summed E-state index contributed by atoms with van der Waals surface area (Å²) in [6, 6.07) is 18.7. The number of nitrogens with zero attached hydrogens (tertiary/aromatic N) is 1. The highest BCUT2D eigenvalue weighted by molar-refractivity contribution is 9.10. The molecule has 4 rings (SSSR count). The molecule has 1 fully saturated rings. The third kappa shape index (κ3) is 5.49. The van der Waals surface area contributed by atoms with E-state index >= 15 is 0 Å². The monoisotopic (exact) mass is 565 g/mol. The number of aliphatic hydroxyl groups excluding tert-OH is 1. The third-order valence-corrected chi connectivity index (χ3v) is 6.62. The van der Waals surface area contributed by atoms with Gasteiger partial charge in [-0.1, -0.05) is 24.3 Å². The largest absolute Gasteiger partial charge is 0.507 e. The van der Waals surface area contributed by atoms with E-state index in [0.717, 1.165) is 5.56 Å². The molecule has 8 heteroatoms. The van der Waals surface area contributed by atoms with Crippen LogP contribution in [0.1, 0.15) is 36.6 Å². The van der Waals surface area contributed by atoms with Crippen molar-refractivity contribution in [2.75, 3.05) is 14.2 Å². The van der Waals surface area contributed by atoms with Crippen molar-refractivity contribution in [3.63, 3.8) is 0 Å². The average molecular weight is 566 g/mol. The molecule has 1 aliphatic heterocycles. The van der Waals surface area contributed by atoms with Gasteiger partial charge >= 0.3 is 0 Å². The summed E-state index contributed by atoms with van der Waals surface area (Å²) in [4.78, 5) is 28.2. The second kappa shape index (κ2) is 11.1. The summed E-state index contributed by atoms with van der Waals surface area (Å²) in [6.45, 7) is 3.98. The lowest BCUT2D eigenvalue weighted by Crippen LogP contribution is -2.29. The minimum atomic E-state index is -0.831. The van der Waals surface area contributed by atoms with Crippen LogP contribution >= 0.6 is 15.9 Å². The first-order valence-corrected chi connectivity index (χ1v) is 12.5. The Morgan fingerprint density at radius 2 is 1.70 bits per heavy atom. The van der Waals surface area contributed by atoms with Gasteiger partial charge in [0.25, 0.3) is 11.7 Å². The van der Waals surface area contributed by atoms with Crippen LogP contribution in [0.15, 0.2) is 76.8 Å². The molecule has 1 heterocycles. The fourth-order valence-corrected chi connectivity index (χ4v) is 4.90. The lowest BCUT2D eigenvalue weighted by Gasteiger charge is -2.26. The molecule has 7 nitrogen and oxygen atoms in total. The highest BCUT2D eigenvalue weighted by Crippen LogP contribution is 2.42. The predicted octanol–water partition coefficient (Wildman–Crippen LogP) is 5.88. The van der Waals surface area contributed by atoms with Gasteiger partial charge in [-0.05, 0) is 83.4 Å². The number of Topliss-reactive ketones (excluding diaryl/α,β-unsaturated/α-hetero) is 1. The number of hydrogen-bond acceptors (Lipinski definition) is 6. The molecule has 192 valence electrons. The van der Waals surface area contributed by atoms with E-state index in [4.69, 9.17) is 14.2 Å². The molecule has 1 unspecified atom stereocenters. The molecular formula is C29H28BrNO6. The topological polar surface area (TPSA) is 85.3 Å². The summed E-state index contributed by atoms with van der Waals surface area (Å²) in [6.07, 6.45) is -0.0601. The number of ether oxygens (including phenoxy) is 3. The average Bonchev–Trinajstić information content (AvgIpc) is 3.13. The lowest BCUT2D eigenvalue weighted by atomic mass is 9.95. The fraction of sp³-hybridized carbons (Fsp3) is 0.241. The van der Waals surface area contributed by atoms with Gasteiger partial charge in [0.1, 0.15) is 23.0 Å². The number of methoxy groups -OCH3 is 2. The van der Waals surface area contributed by atoms with E-state index in [2.05, 4.69) is 15.9 Å². The van der Waals surface area contributed by atoms with Gasteiger partial charge in [0.15, 0.2) is 0 Å². The number of halogens is 1. The van der Waals surface area contributed by atoms with Gasteiger partial charge in [-0.3, -0.25) is 9.59 Å². The zero-order chi connectivity index (χ0) is 26.7. The lowest BCUT2D eigenvalue weighted by molar-refractivity contribution is -0.140. The van der Waals surface area contributed by atoms with Crippen LogP contribution < -0.4 is 14.2 Å². The van der Waals surface area contributed by atoms with Crippen molar-refractivity contribution in [3.8, 4) is 17.2 Å². The number of amides is 1. The van der Waals surface area contributed by atoms with Gasteiger partial charge in [0.2, 0.25) is 0 Å². The number of ketones is 1. The zero-order valence-electron chi connectivity index (χ0n) is 21.0. The summed E-state index contributed by atoms with van der Waals surface area (Å²) < 4.78 is 17.1. The maximum atomic E-state index is 13.4. The van der Waals surface area contributed by atoms with Gasteiger partial charge in [0.05, 0.1) is 36.4 Å². The van der Waals surface area contributed by atoms with E-state index in [1.807, 2.05) is 56.3 Å². The molecule has 0 aliphatic carbocycles. The molecule has 0 saturated carbocycles. The minimum Gasteiger partial charge on any atom is -0.507 e. The summed E-state index contributed by atoms with van der Waals surface area (Å²) in [7, 11) is 3.11. The SMILES string of the molecule is COc1cccc(CN2C(=O)C(=O)/C(=C(/O)c3ccc(OC)c(Br)c3)C2c2cccc(OC(C)C)c2)c1. The second-order valence-corrected chi connectivity index (χ2v) is 9.72. The summed E-state index contributed by atoms with van der Waals surface area (Å²) >= 11 is 3.42. The number of carbonyl (C=O) groups is 2. The standard InChI is InChI=1S/C29H28BrNO6/c1-17(2)37-22-10-6-8-19(14-22)26-25(27(32)20-11-12-24(36-4)23(30)15-20)28(33)29(34)31(26)16-18-7-5-9-21(13-18)35-3/h5-15,17,26,32H,16H2,1-4H3/b27-25+. The van der Waals surface area contributed by atoms with E-state index in [-0.39, 0.29) is 24.0 Å². The van der Waals surface area contributed by atoms with Crippen molar-refractivity contribution in [1.82, 2.24) is 4.90 Å². The summed E-state index contributed by atoms with van der Waals surface area (Å²) in [5.74, 6) is 0.0949. The van der Waals surface area contributed by atoms with Crippen molar-refractivity contribution < 1.29 is 28.9 Å². The first-order chi connectivity index (χ1) is 17.7. The molecule has 1 amide bonds. The van der Waals surface area contributed by atoms with Crippen LogP contribution in [0.2, 0.25) is 0 Å². The first-order valence-electron chi connectivity index (χ1n) is 11.7. The molecule has 0 aromatic heterocycles. The Morgan fingerprint density at radius 1 is 0.973 bits per heavy atom. The van der Waals surface area contributed by atoms with Crippen LogP contribution in [0, 0.1) is 0 Å². The van der Waals surface area contributed by atoms with Crippen LogP contribution in [0.5, 0.6) is 17.2 Å². The Kier molecular flexibility index (Phi) is 7.88. The molecule has 1 saturated heterocycles. The molecule has 0 bridgehead atoms. The summed E-state index contributed by atoms with van der Waals surface area (Å²) in [5.41, 5.74) is 1.82. The van der Waals surface area contributed by atoms with Crippen LogP contribution in [0.25, 0.3) is 5.76 Å². The van der Waals surface area contributed by atoms with Crippen molar-refractivity contribution >= 4 is 33.4 Å². The zero-order valence-corrected chi connectivity index (χ0v) is 22.6.